The fourth-order valence-corrected chi connectivity index (χ4v) is 8.65. The first-order valence-corrected chi connectivity index (χ1v) is 16.8. The molecule has 0 radical (unpaired) electrons. The molecule has 236 valence electrons. The Morgan fingerprint density at radius 3 is 2.09 bits per heavy atom. The molecule has 4 aliphatic rings. The van der Waals surface area contributed by atoms with Crippen LogP contribution >= 0.6 is 11.6 Å². The summed E-state index contributed by atoms with van der Waals surface area (Å²) in [6.07, 6.45) is 7.07. The zero-order chi connectivity index (χ0) is 32.1. The molecule has 2 N–H and O–H groups in total. The van der Waals surface area contributed by atoms with E-state index in [0.717, 1.165) is 43.2 Å². The van der Waals surface area contributed by atoms with Crippen LogP contribution < -0.4 is 0 Å². The number of alkyl halides is 1. The molecular weight excluding hydrogens is 582 g/mol. The van der Waals surface area contributed by atoms with Gasteiger partial charge >= 0.3 is 0 Å². The number of carbonyl (C=O) groups excluding carboxylic acids is 2. The smallest absolute Gasteiger partial charge is 0.261 e. The van der Waals surface area contributed by atoms with Gasteiger partial charge < -0.3 is 10.2 Å². The van der Waals surface area contributed by atoms with Crippen LogP contribution in [0, 0.1) is 17.3 Å². The molecule has 4 atom stereocenters. The van der Waals surface area contributed by atoms with Gasteiger partial charge in [-0.15, -0.1) is 11.6 Å². The average molecular weight is 626 g/mol. The first-order valence-electron chi connectivity index (χ1n) is 16.3. The number of hydrogen-bond donors (Lipinski definition) is 2. The Kier molecular flexibility index (Phi) is 8.36. The van der Waals surface area contributed by atoms with Gasteiger partial charge in [-0.3, -0.25) is 14.5 Å². The second-order valence-corrected chi connectivity index (χ2v) is 14.8. The number of rotatable bonds is 11. The van der Waals surface area contributed by atoms with E-state index in [2.05, 4.69) is 58.0 Å². The van der Waals surface area contributed by atoms with Crippen molar-refractivity contribution in [2.24, 2.45) is 17.3 Å². The molecule has 1 heterocycles. The number of allylic oxidation sites excluding steroid dienone is 1. The van der Waals surface area contributed by atoms with E-state index in [4.69, 9.17) is 11.6 Å². The molecule has 1 saturated carbocycles. The first kappa shape index (κ1) is 31.4. The van der Waals surface area contributed by atoms with Crippen LogP contribution in [0.1, 0.15) is 109 Å². The van der Waals surface area contributed by atoms with Gasteiger partial charge in [-0.05, 0) is 83.2 Å². The van der Waals surface area contributed by atoms with Gasteiger partial charge in [-0.1, -0.05) is 94.7 Å². The second kappa shape index (κ2) is 12.0. The fourth-order valence-electron chi connectivity index (χ4n) is 8.46. The molecule has 0 spiro atoms. The highest BCUT2D eigenvalue weighted by Gasteiger charge is 2.57. The molecule has 5 nitrogen and oxygen atoms in total. The number of phenols is 2. The van der Waals surface area contributed by atoms with E-state index in [1.807, 2.05) is 18.2 Å². The number of carbonyl (C=O) groups is 2. The Balaban J connectivity index is 1.32. The zero-order valence-electron chi connectivity index (χ0n) is 26.7. The Labute approximate surface area is 271 Å². The number of amides is 2. The van der Waals surface area contributed by atoms with E-state index in [0.29, 0.717) is 22.6 Å². The van der Waals surface area contributed by atoms with Crippen molar-refractivity contribution in [3.8, 4) is 11.5 Å². The van der Waals surface area contributed by atoms with Crippen molar-refractivity contribution in [3.63, 3.8) is 0 Å². The summed E-state index contributed by atoms with van der Waals surface area (Å²) in [6, 6.07) is 21.2. The molecule has 0 aromatic heterocycles. The van der Waals surface area contributed by atoms with Crippen molar-refractivity contribution in [3.05, 3.63) is 106 Å². The van der Waals surface area contributed by atoms with Crippen LogP contribution in [0.5, 0.6) is 11.5 Å². The van der Waals surface area contributed by atoms with Gasteiger partial charge in [0.2, 0.25) is 0 Å². The van der Waals surface area contributed by atoms with Crippen molar-refractivity contribution in [2.75, 3.05) is 12.4 Å². The SMILES string of the molecule is CC(C)(c1cc(O)c([C@H]2C=C(CN3C(=O)c4ccccc4C3=O)[C@H]3C[C@@H]2C3(C)C)c(O)c1)[C@@H](CCCCCCl)c1ccccc1. The van der Waals surface area contributed by atoms with E-state index < -0.39 is 0 Å². The van der Waals surface area contributed by atoms with Crippen LogP contribution in [0.4, 0.5) is 0 Å². The molecule has 2 bridgehead atoms. The molecule has 0 unspecified atom stereocenters. The molecular formula is C39H44ClNO4. The monoisotopic (exact) mass is 625 g/mol. The molecule has 2 amide bonds. The third-order valence-corrected chi connectivity index (χ3v) is 11.5. The highest BCUT2D eigenvalue weighted by Crippen LogP contribution is 2.65. The van der Waals surface area contributed by atoms with Gasteiger partial charge in [0, 0.05) is 17.4 Å². The molecule has 0 saturated heterocycles. The highest BCUT2D eigenvalue weighted by molar-refractivity contribution is 6.21. The number of benzene rings is 3. The maximum absolute atomic E-state index is 13.2. The van der Waals surface area contributed by atoms with Gasteiger partial charge in [0.05, 0.1) is 17.7 Å². The summed E-state index contributed by atoms with van der Waals surface area (Å²) in [4.78, 5) is 27.8. The van der Waals surface area contributed by atoms with Crippen molar-refractivity contribution in [2.45, 2.75) is 77.0 Å². The van der Waals surface area contributed by atoms with Crippen LogP contribution in [-0.4, -0.2) is 39.4 Å². The maximum atomic E-state index is 13.2. The predicted molar refractivity (Wildman–Crippen MR) is 179 cm³/mol. The molecule has 1 fully saturated rings. The second-order valence-electron chi connectivity index (χ2n) is 14.4. The quantitative estimate of drug-likeness (QED) is 0.0965. The van der Waals surface area contributed by atoms with Crippen LogP contribution in [0.15, 0.2) is 78.4 Å². The molecule has 3 aliphatic carbocycles. The summed E-state index contributed by atoms with van der Waals surface area (Å²) < 4.78 is 0. The third-order valence-electron chi connectivity index (χ3n) is 11.3. The molecule has 3 aromatic carbocycles. The number of nitrogens with zero attached hydrogens (tertiary/aromatic N) is 1. The number of hydrogen-bond acceptors (Lipinski definition) is 4. The third kappa shape index (κ3) is 5.37. The molecule has 3 aromatic rings. The van der Waals surface area contributed by atoms with E-state index >= 15 is 0 Å². The molecule has 1 aliphatic heterocycles. The predicted octanol–water partition coefficient (Wildman–Crippen LogP) is 8.94. The van der Waals surface area contributed by atoms with Gasteiger partial charge in [0.25, 0.3) is 11.8 Å². The van der Waals surface area contributed by atoms with Crippen molar-refractivity contribution >= 4 is 23.4 Å². The molecule has 45 heavy (non-hydrogen) atoms. The minimum Gasteiger partial charge on any atom is -0.507 e. The summed E-state index contributed by atoms with van der Waals surface area (Å²) in [5.74, 6) is 0.735. The highest BCUT2D eigenvalue weighted by atomic mass is 35.5. The number of halogens is 1. The lowest BCUT2D eigenvalue weighted by Crippen LogP contribution is -2.53. The van der Waals surface area contributed by atoms with Crippen LogP contribution in [0.25, 0.3) is 0 Å². The first-order chi connectivity index (χ1) is 21.5. The van der Waals surface area contributed by atoms with Crippen molar-refractivity contribution < 1.29 is 19.8 Å². The summed E-state index contributed by atoms with van der Waals surface area (Å²) in [5, 5.41) is 23.3. The lowest BCUT2D eigenvalue weighted by atomic mass is 9.45. The number of aromatic hydroxyl groups is 2. The fraction of sp³-hybridized carbons (Fsp3) is 0.436. The minimum absolute atomic E-state index is 0.0921. The normalized spacial score (nSPS) is 22.6. The minimum atomic E-state index is -0.365. The average Bonchev–Trinajstić information content (AvgIpc) is 3.25. The van der Waals surface area contributed by atoms with Crippen LogP contribution in [0.2, 0.25) is 0 Å². The van der Waals surface area contributed by atoms with Gasteiger partial charge in [-0.2, -0.15) is 0 Å². The van der Waals surface area contributed by atoms with E-state index in [1.54, 1.807) is 24.3 Å². The van der Waals surface area contributed by atoms with E-state index in [-0.39, 0.29) is 64.4 Å². The van der Waals surface area contributed by atoms with Crippen molar-refractivity contribution in [1.82, 2.24) is 4.90 Å². The molecule has 6 heteroatoms. The van der Waals surface area contributed by atoms with Gasteiger partial charge in [0.1, 0.15) is 11.5 Å². The summed E-state index contributed by atoms with van der Waals surface area (Å²) >= 11 is 5.96. The molecule has 7 rings (SSSR count). The Hall–Kier alpha value is -3.57. The maximum Gasteiger partial charge on any atom is 0.261 e. The largest absolute Gasteiger partial charge is 0.507 e. The van der Waals surface area contributed by atoms with Crippen LogP contribution in [0.3, 0.4) is 0 Å². The number of phenolic OH excluding ortho intramolecular Hbond substituents is 2. The van der Waals surface area contributed by atoms with Crippen molar-refractivity contribution in [1.29, 1.82) is 0 Å². The van der Waals surface area contributed by atoms with E-state index in [1.165, 1.54) is 10.5 Å². The van der Waals surface area contributed by atoms with E-state index in [9.17, 15) is 19.8 Å². The summed E-state index contributed by atoms with van der Waals surface area (Å²) in [5.41, 5.74) is 4.11. The number of fused-ring (bicyclic) bond motifs is 2. The van der Waals surface area contributed by atoms with Gasteiger partial charge in [0.15, 0.2) is 0 Å². The standard InChI is InChI=1S/C39H44ClNO4/c1-38(2,30(17-9-6-12-18-40)24-13-7-5-8-14-24)26-20-33(42)35(34(43)21-26)29-19-25(31-22-32(29)39(31,3)4)23-41-36(44)27-15-10-11-16-28(27)37(41)45/h5,7-8,10-11,13-16,19-21,29-32,42-43H,6,9,12,17-18,22-23H2,1-4H3/t29-,30-,31+,32-/m0/s1. The lowest BCUT2D eigenvalue weighted by molar-refractivity contribution is -0.0233. The summed E-state index contributed by atoms with van der Waals surface area (Å²) in [6.45, 7) is 9.04. The lowest BCUT2D eigenvalue weighted by Gasteiger charge is -2.60. The van der Waals surface area contributed by atoms with Gasteiger partial charge in [-0.25, -0.2) is 0 Å². The Morgan fingerprint density at radius 2 is 1.51 bits per heavy atom. The van der Waals surface area contributed by atoms with Crippen LogP contribution in [-0.2, 0) is 5.41 Å². The topological polar surface area (TPSA) is 77.8 Å². The Morgan fingerprint density at radius 1 is 0.911 bits per heavy atom. The zero-order valence-corrected chi connectivity index (χ0v) is 27.5. The number of imide groups is 1. The summed E-state index contributed by atoms with van der Waals surface area (Å²) in [7, 11) is 0. The number of unbranched alkanes of at least 4 members (excludes halogenated alkanes) is 2. The Bertz CT molecular complexity index is 1580.